The smallest absolute Gasteiger partial charge is 0.248 e. The van der Waals surface area contributed by atoms with Gasteiger partial charge in [0.25, 0.3) is 0 Å². The average molecular weight is 346 g/mol. The van der Waals surface area contributed by atoms with E-state index in [0.717, 1.165) is 24.2 Å². The van der Waals surface area contributed by atoms with Crippen molar-refractivity contribution in [2.24, 2.45) is 0 Å². The number of para-hydroxylation sites is 1. The van der Waals surface area contributed by atoms with Crippen molar-refractivity contribution in [3.63, 3.8) is 0 Å². The van der Waals surface area contributed by atoms with E-state index >= 15 is 0 Å². The number of hydrogen-bond acceptors (Lipinski definition) is 4. The van der Waals surface area contributed by atoms with Crippen LogP contribution in [-0.4, -0.2) is 67.6 Å². The SMILES string of the molecule is COc1ccccc1CCC(=O)N1CCC2(CC1)CN(C)C(=O)CO2. The molecule has 6 heteroatoms. The molecule has 136 valence electrons. The maximum Gasteiger partial charge on any atom is 0.248 e. The molecule has 0 saturated carbocycles. The van der Waals surface area contributed by atoms with Gasteiger partial charge in [0.05, 0.1) is 12.7 Å². The van der Waals surface area contributed by atoms with Crippen molar-refractivity contribution in [3.8, 4) is 5.75 Å². The lowest BCUT2D eigenvalue weighted by molar-refractivity contribution is -0.170. The second-order valence-corrected chi connectivity index (χ2v) is 6.91. The number of ether oxygens (including phenoxy) is 2. The van der Waals surface area contributed by atoms with Gasteiger partial charge in [-0.25, -0.2) is 0 Å². The van der Waals surface area contributed by atoms with E-state index in [0.29, 0.717) is 32.5 Å². The van der Waals surface area contributed by atoms with Gasteiger partial charge in [-0.05, 0) is 30.9 Å². The van der Waals surface area contributed by atoms with Crippen LogP contribution in [0.15, 0.2) is 24.3 Å². The first-order chi connectivity index (χ1) is 12.0. The number of carbonyl (C=O) groups excluding carboxylic acids is 2. The third-order valence-electron chi connectivity index (χ3n) is 5.28. The highest BCUT2D eigenvalue weighted by Gasteiger charge is 2.41. The highest BCUT2D eigenvalue weighted by atomic mass is 16.5. The number of carbonyl (C=O) groups is 2. The predicted molar refractivity (Wildman–Crippen MR) is 93.4 cm³/mol. The van der Waals surface area contributed by atoms with E-state index < -0.39 is 0 Å². The van der Waals surface area contributed by atoms with Crippen LogP contribution < -0.4 is 4.74 Å². The molecule has 6 nitrogen and oxygen atoms in total. The summed E-state index contributed by atoms with van der Waals surface area (Å²) in [6.45, 7) is 2.15. The molecule has 0 unspecified atom stereocenters. The summed E-state index contributed by atoms with van der Waals surface area (Å²) < 4.78 is 11.2. The number of amides is 2. The Balaban J connectivity index is 1.51. The van der Waals surface area contributed by atoms with Gasteiger partial charge < -0.3 is 19.3 Å². The summed E-state index contributed by atoms with van der Waals surface area (Å²) in [4.78, 5) is 27.8. The first-order valence-corrected chi connectivity index (χ1v) is 8.81. The van der Waals surface area contributed by atoms with E-state index in [1.54, 1.807) is 12.0 Å². The van der Waals surface area contributed by atoms with Crippen LogP contribution in [0, 0.1) is 0 Å². The van der Waals surface area contributed by atoms with Gasteiger partial charge in [-0.2, -0.15) is 0 Å². The molecular formula is C19H26N2O4. The number of aryl methyl sites for hydroxylation is 1. The zero-order chi connectivity index (χ0) is 17.9. The van der Waals surface area contributed by atoms with Crippen LogP contribution in [0.3, 0.4) is 0 Å². The Bertz CT molecular complexity index is 638. The summed E-state index contributed by atoms with van der Waals surface area (Å²) in [5.41, 5.74) is 0.782. The molecule has 0 aliphatic carbocycles. The summed E-state index contributed by atoms with van der Waals surface area (Å²) in [5.74, 6) is 1.03. The lowest BCUT2D eigenvalue weighted by atomic mass is 9.89. The minimum absolute atomic E-state index is 0.0286. The van der Waals surface area contributed by atoms with Crippen molar-refractivity contribution in [2.75, 3.05) is 40.4 Å². The molecule has 0 radical (unpaired) electrons. The minimum Gasteiger partial charge on any atom is -0.496 e. The third-order valence-corrected chi connectivity index (χ3v) is 5.28. The maximum atomic E-state index is 12.5. The zero-order valence-electron chi connectivity index (χ0n) is 15.0. The summed E-state index contributed by atoms with van der Waals surface area (Å²) in [6, 6.07) is 7.81. The van der Waals surface area contributed by atoms with Gasteiger partial charge >= 0.3 is 0 Å². The molecule has 0 atom stereocenters. The van der Waals surface area contributed by atoms with E-state index in [9.17, 15) is 9.59 Å². The van der Waals surface area contributed by atoms with E-state index in [-0.39, 0.29) is 24.0 Å². The number of rotatable bonds is 4. The fourth-order valence-electron chi connectivity index (χ4n) is 3.67. The molecule has 0 bridgehead atoms. The Morgan fingerprint density at radius 3 is 2.68 bits per heavy atom. The van der Waals surface area contributed by atoms with Gasteiger partial charge in [0.15, 0.2) is 0 Å². The fourth-order valence-corrected chi connectivity index (χ4v) is 3.67. The van der Waals surface area contributed by atoms with Gasteiger partial charge in [0.2, 0.25) is 11.8 Å². The molecule has 2 heterocycles. The number of piperidine rings is 1. The molecule has 1 aromatic rings. The summed E-state index contributed by atoms with van der Waals surface area (Å²) in [7, 11) is 3.47. The van der Waals surface area contributed by atoms with Crippen LogP contribution in [0.2, 0.25) is 0 Å². The van der Waals surface area contributed by atoms with Crippen LogP contribution >= 0.6 is 0 Å². The normalized spacial score (nSPS) is 20.0. The van der Waals surface area contributed by atoms with Crippen molar-refractivity contribution in [1.29, 1.82) is 0 Å². The Morgan fingerprint density at radius 2 is 2.00 bits per heavy atom. The van der Waals surface area contributed by atoms with E-state index in [1.807, 2.05) is 36.2 Å². The molecule has 25 heavy (non-hydrogen) atoms. The maximum absolute atomic E-state index is 12.5. The van der Waals surface area contributed by atoms with Crippen molar-refractivity contribution in [1.82, 2.24) is 9.80 Å². The van der Waals surface area contributed by atoms with Crippen LogP contribution in [0.5, 0.6) is 5.75 Å². The van der Waals surface area contributed by atoms with Crippen molar-refractivity contribution in [3.05, 3.63) is 29.8 Å². The number of nitrogens with zero attached hydrogens (tertiary/aromatic N) is 2. The van der Waals surface area contributed by atoms with Gasteiger partial charge in [0.1, 0.15) is 12.4 Å². The zero-order valence-corrected chi connectivity index (χ0v) is 15.0. The number of likely N-dealkylation sites (N-methyl/N-ethyl adjacent to an activating group) is 1. The number of hydrogen-bond donors (Lipinski definition) is 0. The molecule has 2 amide bonds. The molecule has 2 aliphatic rings. The topological polar surface area (TPSA) is 59.1 Å². The summed E-state index contributed by atoms with van der Waals surface area (Å²) in [5, 5.41) is 0. The second-order valence-electron chi connectivity index (χ2n) is 6.91. The van der Waals surface area contributed by atoms with Crippen LogP contribution in [0.25, 0.3) is 0 Å². The molecule has 0 N–H and O–H groups in total. The Hall–Kier alpha value is -2.08. The first kappa shape index (κ1) is 17.7. The number of methoxy groups -OCH3 is 1. The Kier molecular flexibility index (Phi) is 5.27. The van der Waals surface area contributed by atoms with Crippen LogP contribution in [0.1, 0.15) is 24.8 Å². The Morgan fingerprint density at radius 1 is 1.28 bits per heavy atom. The van der Waals surface area contributed by atoms with Crippen molar-refractivity contribution >= 4 is 11.8 Å². The molecular weight excluding hydrogens is 320 g/mol. The molecule has 1 spiro atoms. The molecule has 3 rings (SSSR count). The molecule has 2 saturated heterocycles. The highest BCUT2D eigenvalue weighted by molar-refractivity contribution is 5.78. The van der Waals surface area contributed by atoms with Gasteiger partial charge in [-0.3, -0.25) is 9.59 Å². The van der Waals surface area contributed by atoms with Gasteiger partial charge in [-0.1, -0.05) is 18.2 Å². The first-order valence-electron chi connectivity index (χ1n) is 8.81. The predicted octanol–water partition coefficient (Wildman–Crippen LogP) is 1.48. The number of benzene rings is 1. The monoisotopic (exact) mass is 346 g/mol. The van der Waals surface area contributed by atoms with Gasteiger partial charge in [0, 0.05) is 33.1 Å². The fraction of sp³-hybridized carbons (Fsp3) is 0.579. The van der Waals surface area contributed by atoms with Gasteiger partial charge in [-0.15, -0.1) is 0 Å². The molecule has 2 fully saturated rings. The molecule has 1 aromatic carbocycles. The number of morpholine rings is 1. The Labute approximate surface area is 148 Å². The average Bonchev–Trinajstić information content (AvgIpc) is 2.64. The number of likely N-dealkylation sites (tertiary alicyclic amines) is 1. The largest absolute Gasteiger partial charge is 0.496 e. The van der Waals surface area contributed by atoms with E-state index in [2.05, 4.69) is 0 Å². The summed E-state index contributed by atoms with van der Waals surface area (Å²) in [6.07, 6.45) is 2.72. The molecule has 2 aliphatic heterocycles. The van der Waals surface area contributed by atoms with E-state index in [1.165, 1.54) is 0 Å². The highest BCUT2D eigenvalue weighted by Crippen LogP contribution is 2.30. The minimum atomic E-state index is -0.276. The summed E-state index contributed by atoms with van der Waals surface area (Å²) >= 11 is 0. The lowest BCUT2D eigenvalue weighted by Crippen LogP contribution is -2.58. The second kappa shape index (κ2) is 7.44. The molecule has 0 aromatic heterocycles. The quantitative estimate of drug-likeness (QED) is 0.829. The lowest BCUT2D eigenvalue weighted by Gasteiger charge is -2.46. The van der Waals surface area contributed by atoms with Crippen molar-refractivity contribution < 1.29 is 19.1 Å². The van der Waals surface area contributed by atoms with E-state index in [4.69, 9.17) is 9.47 Å². The van der Waals surface area contributed by atoms with Crippen LogP contribution in [0.4, 0.5) is 0 Å². The van der Waals surface area contributed by atoms with Crippen LogP contribution in [-0.2, 0) is 20.7 Å². The third kappa shape index (κ3) is 3.95. The standard InChI is InChI=1S/C19H26N2O4/c1-20-14-19(25-13-18(20)23)9-11-21(12-10-19)17(22)8-7-15-5-3-4-6-16(15)24-2/h3-6H,7-14H2,1-2H3. The van der Waals surface area contributed by atoms with Crippen molar-refractivity contribution in [2.45, 2.75) is 31.3 Å².